The Hall–Kier alpha value is -5.03. The number of hydrogen-bond acceptors (Lipinski definition) is 8. The summed E-state index contributed by atoms with van der Waals surface area (Å²) in [6.07, 6.45) is 6.41. The molecule has 0 aliphatic carbocycles. The molecule has 11 heteroatoms. The first kappa shape index (κ1) is 30.6. The van der Waals surface area contributed by atoms with Gasteiger partial charge in [-0.2, -0.15) is 0 Å². The van der Waals surface area contributed by atoms with E-state index in [0.29, 0.717) is 30.1 Å². The number of carbonyl (C=O) groups excluding carboxylic acids is 1. The number of methoxy groups -OCH3 is 1. The van der Waals surface area contributed by atoms with Crippen LogP contribution in [0.1, 0.15) is 35.2 Å². The molecule has 0 radical (unpaired) electrons. The Morgan fingerprint density at radius 2 is 1.85 bits per heavy atom. The molecule has 2 fully saturated rings. The number of likely N-dealkylation sites (tertiary alicyclic amines) is 1. The first-order chi connectivity index (χ1) is 23.1. The average molecular weight is 632 g/mol. The van der Waals surface area contributed by atoms with E-state index in [0.717, 1.165) is 75.5 Å². The van der Waals surface area contributed by atoms with Gasteiger partial charge in [-0.05, 0) is 78.7 Å². The van der Waals surface area contributed by atoms with Crippen LogP contribution in [0.3, 0.4) is 0 Å². The normalized spacial score (nSPS) is 18.8. The van der Waals surface area contributed by atoms with Crippen LogP contribution in [0.25, 0.3) is 16.7 Å². The third kappa shape index (κ3) is 6.10. The summed E-state index contributed by atoms with van der Waals surface area (Å²) in [7, 11) is 1.60. The van der Waals surface area contributed by atoms with Crippen molar-refractivity contribution in [3.05, 3.63) is 103 Å². The van der Waals surface area contributed by atoms with Crippen molar-refractivity contribution in [2.75, 3.05) is 57.8 Å². The number of tetrazole rings is 1. The first-order valence-corrected chi connectivity index (χ1v) is 16.4. The van der Waals surface area contributed by atoms with Crippen LogP contribution >= 0.6 is 0 Å². The van der Waals surface area contributed by atoms with Gasteiger partial charge in [0.2, 0.25) is 5.95 Å². The summed E-state index contributed by atoms with van der Waals surface area (Å²) in [5.41, 5.74) is 4.55. The van der Waals surface area contributed by atoms with E-state index < -0.39 is 0 Å². The predicted molar refractivity (Wildman–Crippen MR) is 182 cm³/mol. The second-order valence-electron chi connectivity index (χ2n) is 12.5. The van der Waals surface area contributed by atoms with Gasteiger partial charge in [-0.25, -0.2) is 9.67 Å². The Morgan fingerprint density at radius 1 is 1.00 bits per heavy atom. The zero-order valence-corrected chi connectivity index (χ0v) is 26.9. The van der Waals surface area contributed by atoms with Crippen molar-refractivity contribution >= 4 is 22.9 Å². The number of ether oxygens (including phenoxy) is 1. The van der Waals surface area contributed by atoms with Gasteiger partial charge in [-0.3, -0.25) is 4.79 Å². The Bertz CT molecular complexity index is 1840. The van der Waals surface area contributed by atoms with Gasteiger partial charge >= 0.3 is 0 Å². The standard InChI is InChI=1S/C36H41N9O2/c1-3-18-44-32-13-8-7-12-31(32)38-35(44)42-20-9-19-41(23-24-42)21-16-36(28-10-5-4-6-11-28)17-22-43(26-36)34(46)30-25-29(14-15-33(30)47-2)45-27-37-39-40-45/h3-8,10-15,25,27H,1,9,16-24,26H2,2H3. The molecule has 2 aliphatic heterocycles. The Labute approximate surface area is 275 Å². The van der Waals surface area contributed by atoms with Crippen LogP contribution in [0.2, 0.25) is 0 Å². The Balaban J connectivity index is 1.07. The summed E-state index contributed by atoms with van der Waals surface area (Å²) in [4.78, 5) is 26.1. The molecule has 2 aromatic heterocycles. The lowest BCUT2D eigenvalue weighted by Crippen LogP contribution is -2.39. The summed E-state index contributed by atoms with van der Waals surface area (Å²) in [5.74, 6) is 1.53. The van der Waals surface area contributed by atoms with E-state index in [1.165, 1.54) is 11.9 Å². The molecule has 2 aliphatic rings. The number of nitrogens with zero attached hydrogens (tertiary/aromatic N) is 9. The highest BCUT2D eigenvalue weighted by atomic mass is 16.5. The fourth-order valence-electron chi connectivity index (χ4n) is 7.26. The monoisotopic (exact) mass is 631 g/mol. The molecule has 0 N–H and O–H groups in total. The smallest absolute Gasteiger partial charge is 0.257 e. The molecule has 7 rings (SSSR count). The van der Waals surface area contributed by atoms with Crippen LogP contribution in [-0.4, -0.2) is 98.4 Å². The summed E-state index contributed by atoms with van der Waals surface area (Å²) in [5, 5.41) is 11.5. The second kappa shape index (κ2) is 13.4. The molecular weight excluding hydrogens is 590 g/mol. The van der Waals surface area contributed by atoms with Crippen LogP contribution in [-0.2, 0) is 12.0 Å². The van der Waals surface area contributed by atoms with E-state index in [1.807, 2.05) is 29.2 Å². The van der Waals surface area contributed by atoms with E-state index in [-0.39, 0.29) is 11.3 Å². The van der Waals surface area contributed by atoms with Crippen molar-refractivity contribution in [2.45, 2.75) is 31.2 Å². The Kier molecular flexibility index (Phi) is 8.71. The largest absolute Gasteiger partial charge is 0.496 e. The van der Waals surface area contributed by atoms with Crippen molar-refractivity contribution in [3.8, 4) is 11.4 Å². The van der Waals surface area contributed by atoms with Gasteiger partial charge in [0.05, 0.1) is 29.4 Å². The predicted octanol–water partition coefficient (Wildman–Crippen LogP) is 4.59. The number of para-hydroxylation sites is 2. The van der Waals surface area contributed by atoms with Gasteiger partial charge in [0.15, 0.2) is 0 Å². The number of allylic oxidation sites excluding steroid dienone is 1. The number of carbonyl (C=O) groups is 1. The molecule has 1 unspecified atom stereocenters. The number of fused-ring (bicyclic) bond motifs is 1. The molecule has 1 amide bonds. The maximum absolute atomic E-state index is 14.1. The lowest BCUT2D eigenvalue weighted by molar-refractivity contribution is 0.0777. The van der Waals surface area contributed by atoms with Crippen LogP contribution in [0.15, 0.2) is 91.8 Å². The zero-order valence-electron chi connectivity index (χ0n) is 26.9. The van der Waals surface area contributed by atoms with Crippen molar-refractivity contribution in [3.63, 3.8) is 0 Å². The minimum absolute atomic E-state index is 0.0394. The van der Waals surface area contributed by atoms with Crippen LogP contribution in [0, 0.1) is 0 Å². The summed E-state index contributed by atoms with van der Waals surface area (Å²) < 4.78 is 9.45. The number of aromatic nitrogens is 6. The summed E-state index contributed by atoms with van der Waals surface area (Å²) >= 11 is 0. The fourth-order valence-corrected chi connectivity index (χ4v) is 7.26. The lowest BCUT2D eigenvalue weighted by atomic mass is 9.76. The van der Waals surface area contributed by atoms with Crippen molar-refractivity contribution in [2.24, 2.45) is 0 Å². The molecule has 2 saturated heterocycles. The zero-order chi connectivity index (χ0) is 32.2. The van der Waals surface area contributed by atoms with E-state index in [4.69, 9.17) is 9.72 Å². The number of benzene rings is 3. The maximum Gasteiger partial charge on any atom is 0.257 e. The fraction of sp³-hybridized carbons (Fsp3) is 0.361. The molecule has 0 spiro atoms. The minimum atomic E-state index is -0.137. The average Bonchev–Trinajstić information content (AvgIpc) is 3.85. The van der Waals surface area contributed by atoms with E-state index in [2.05, 4.69) is 85.0 Å². The number of imidazole rings is 1. The number of amides is 1. The quantitative estimate of drug-likeness (QED) is 0.207. The highest BCUT2D eigenvalue weighted by Crippen LogP contribution is 2.39. The molecule has 0 saturated carbocycles. The van der Waals surface area contributed by atoms with E-state index in [1.54, 1.807) is 17.9 Å². The van der Waals surface area contributed by atoms with Crippen molar-refractivity contribution in [1.29, 1.82) is 0 Å². The molecule has 0 bridgehead atoms. The molecular formula is C36H41N9O2. The van der Waals surface area contributed by atoms with E-state index in [9.17, 15) is 4.79 Å². The van der Waals surface area contributed by atoms with Crippen molar-refractivity contribution in [1.82, 2.24) is 39.6 Å². The first-order valence-electron chi connectivity index (χ1n) is 16.4. The highest BCUT2D eigenvalue weighted by molar-refractivity contribution is 5.98. The molecule has 4 heterocycles. The van der Waals surface area contributed by atoms with Gasteiger partial charge in [-0.15, -0.1) is 11.7 Å². The SMILES string of the molecule is C=CCn1c(N2CCCN(CCC3(c4ccccc4)CCN(C(=O)c4cc(-n5cnnn5)ccc4OC)C3)CC2)nc2ccccc21. The number of anilines is 1. The molecule has 1 atom stereocenters. The minimum Gasteiger partial charge on any atom is -0.496 e. The highest BCUT2D eigenvalue weighted by Gasteiger charge is 2.42. The summed E-state index contributed by atoms with van der Waals surface area (Å²) in [6.45, 7) is 10.9. The van der Waals surface area contributed by atoms with Crippen LogP contribution in [0.4, 0.5) is 5.95 Å². The number of hydrogen-bond donors (Lipinski definition) is 0. The van der Waals surface area contributed by atoms with Crippen molar-refractivity contribution < 1.29 is 9.53 Å². The summed E-state index contributed by atoms with van der Waals surface area (Å²) in [6, 6.07) is 24.5. The van der Waals surface area contributed by atoms with Crippen LogP contribution in [0.5, 0.6) is 5.75 Å². The van der Waals surface area contributed by atoms with Crippen LogP contribution < -0.4 is 9.64 Å². The molecule has 47 heavy (non-hydrogen) atoms. The molecule has 5 aromatic rings. The van der Waals surface area contributed by atoms with E-state index >= 15 is 0 Å². The van der Waals surface area contributed by atoms with Gasteiger partial charge in [0.1, 0.15) is 12.1 Å². The van der Waals surface area contributed by atoms with Gasteiger partial charge in [0.25, 0.3) is 5.91 Å². The van der Waals surface area contributed by atoms with Gasteiger partial charge < -0.3 is 24.0 Å². The van der Waals surface area contributed by atoms with Gasteiger partial charge in [0, 0.05) is 44.7 Å². The molecule has 242 valence electrons. The lowest BCUT2D eigenvalue weighted by Gasteiger charge is -2.33. The Morgan fingerprint density at radius 3 is 2.66 bits per heavy atom. The number of rotatable bonds is 10. The maximum atomic E-state index is 14.1. The topological polar surface area (TPSA) is 97.4 Å². The molecule has 3 aromatic carbocycles. The third-order valence-electron chi connectivity index (χ3n) is 9.78. The third-order valence-corrected chi connectivity index (χ3v) is 9.78. The second-order valence-corrected chi connectivity index (χ2v) is 12.5. The van der Waals surface area contributed by atoms with Gasteiger partial charge in [-0.1, -0.05) is 48.5 Å². The molecule has 11 nitrogen and oxygen atoms in total.